The van der Waals surface area contributed by atoms with Gasteiger partial charge in [-0.05, 0) is 35.9 Å². The molecule has 1 amide bonds. The predicted octanol–water partition coefficient (Wildman–Crippen LogP) is 4.09. The van der Waals surface area contributed by atoms with Gasteiger partial charge in [0.05, 0.1) is 0 Å². The maximum atomic E-state index is 13.6. The van der Waals surface area contributed by atoms with E-state index in [1.54, 1.807) is 12.1 Å². The smallest absolute Gasteiger partial charge is 0.225 e. The van der Waals surface area contributed by atoms with Gasteiger partial charge in [-0.2, -0.15) is 11.8 Å². The standard InChI is InChI=1S/C18H18F2N2OS.ClH/c19-13-3-1-12(2-4-13)16-9-14(20)5-6-17(16)22-18(23)10-15-11-24-8-7-21-15;/h1-6,9,15,21H,7-8,10-11H2,(H,22,23);1H. The first-order chi connectivity index (χ1) is 11.6. The maximum Gasteiger partial charge on any atom is 0.225 e. The number of hydrogen-bond acceptors (Lipinski definition) is 3. The molecule has 1 atom stereocenters. The molecule has 1 heterocycles. The van der Waals surface area contributed by atoms with Crippen LogP contribution in [0.2, 0.25) is 0 Å². The van der Waals surface area contributed by atoms with Crippen LogP contribution >= 0.6 is 24.2 Å². The summed E-state index contributed by atoms with van der Waals surface area (Å²) in [6.07, 6.45) is 0.368. The Labute approximate surface area is 156 Å². The molecule has 2 N–H and O–H groups in total. The molecular formula is C18H19ClF2N2OS. The van der Waals surface area contributed by atoms with Crippen LogP contribution in [-0.2, 0) is 4.79 Å². The van der Waals surface area contributed by atoms with Gasteiger partial charge in [-0.3, -0.25) is 4.79 Å². The minimum absolute atomic E-state index is 0. The highest BCUT2D eigenvalue weighted by atomic mass is 35.5. The molecule has 25 heavy (non-hydrogen) atoms. The summed E-state index contributed by atoms with van der Waals surface area (Å²) in [5.74, 6) is 1.08. The van der Waals surface area contributed by atoms with Crippen molar-refractivity contribution in [2.75, 3.05) is 23.4 Å². The van der Waals surface area contributed by atoms with Gasteiger partial charge in [0.2, 0.25) is 5.91 Å². The van der Waals surface area contributed by atoms with E-state index in [0.29, 0.717) is 23.2 Å². The average molecular weight is 385 g/mol. The summed E-state index contributed by atoms with van der Waals surface area (Å²) in [6, 6.07) is 10.1. The summed E-state index contributed by atoms with van der Waals surface area (Å²) in [4.78, 5) is 12.3. The lowest BCUT2D eigenvalue weighted by molar-refractivity contribution is -0.116. The van der Waals surface area contributed by atoms with E-state index < -0.39 is 5.82 Å². The second-order valence-corrected chi connectivity index (χ2v) is 6.82. The summed E-state index contributed by atoms with van der Waals surface area (Å²) in [5, 5.41) is 6.16. The Hall–Kier alpha value is -1.63. The van der Waals surface area contributed by atoms with Crippen molar-refractivity contribution in [2.24, 2.45) is 0 Å². The number of carbonyl (C=O) groups excluding carboxylic acids is 1. The molecule has 7 heteroatoms. The lowest BCUT2D eigenvalue weighted by atomic mass is 10.0. The second kappa shape index (κ2) is 9.17. The highest BCUT2D eigenvalue weighted by molar-refractivity contribution is 7.99. The van der Waals surface area contributed by atoms with Gasteiger partial charge in [0.15, 0.2) is 0 Å². The normalized spacial score (nSPS) is 16.8. The van der Waals surface area contributed by atoms with Crippen molar-refractivity contribution in [3.63, 3.8) is 0 Å². The van der Waals surface area contributed by atoms with Crippen molar-refractivity contribution in [3.05, 3.63) is 54.1 Å². The van der Waals surface area contributed by atoms with E-state index in [9.17, 15) is 13.6 Å². The van der Waals surface area contributed by atoms with E-state index in [1.807, 2.05) is 11.8 Å². The van der Waals surface area contributed by atoms with E-state index >= 15 is 0 Å². The first-order valence-corrected chi connectivity index (χ1v) is 8.94. The minimum atomic E-state index is -0.405. The maximum absolute atomic E-state index is 13.6. The van der Waals surface area contributed by atoms with E-state index in [1.165, 1.54) is 30.3 Å². The molecule has 0 bridgehead atoms. The fourth-order valence-electron chi connectivity index (χ4n) is 2.67. The number of rotatable bonds is 4. The van der Waals surface area contributed by atoms with Crippen molar-refractivity contribution in [1.82, 2.24) is 5.32 Å². The van der Waals surface area contributed by atoms with Gasteiger partial charge in [0.1, 0.15) is 11.6 Å². The molecule has 1 unspecified atom stereocenters. The molecule has 0 saturated carbocycles. The summed E-state index contributed by atoms with van der Waals surface area (Å²) >= 11 is 1.83. The van der Waals surface area contributed by atoms with Crippen LogP contribution in [0, 0.1) is 11.6 Å². The van der Waals surface area contributed by atoms with Crippen LogP contribution < -0.4 is 10.6 Å². The van der Waals surface area contributed by atoms with Crippen molar-refractivity contribution < 1.29 is 13.6 Å². The third-order valence-electron chi connectivity index (χ3n) is 3.84. The van der Waals surface area contributed by atoms with Gasteiger partial charge in [0.25, 0.3) is 0 Å². The Morgan fingerprint density at radius 2 is 1.88 bits per heavy atom. The lowest BCUT2D eigenvalue weighted by Gasteiger charge is -2.22. The van der Waals surface area contributed by atoms with Gasteiger partial charge in [0, 0.05) is 41.8 Å². The lowest BCUT2D eigenvalue weighted by Crippen LogP contribution is -2.39. The highest BCUT2D eigenvalue weighted by Gasteiger charge is 2.18. The van der Waals surface area contributed by atoms with Gasteiger partial charge < -0.3 is 10.6 Å². The van der Waals surface area contributed by atoms with Gasteiger partial charge in [-0.15, -0.1) is 12.4 Å². The van der Waals surface area contributed by atoms with Crippen LogP contribution in [0.15, 0.2) is 42.5 Å². The molecule has 0 aromatic heterocycles. The molecule has 3 rings (SSSR count). The van der Waals surface area contributed by atoms with E-state index in [-0.39, 0.29) is 30.2 Å². The van der Waals surface area contributed by atoms with Gasteiger partial charge >= 0.3 is 0 Å². The molecule has 1 aliphatic heterocycles. The fourth-order valence-corrected chi connectivity index (χ4v) is 3.62. The summed E-state index contributed by atoms with van der Waals surface area (Å²) in [5.41, 5.74) is 1.71. The average Bonchev–Trinajstić information content (AvgIpc) is 2.58. The molecule has 2 aromatic carbocycles. The Kier molecular flexibility index (Phi) is 7.23. The molecule has 1 fully saturated rings. The third kappa shape index (κ3) is 5.42. The zero-order valence-electron chi connectivity index (χ0n) is 13.4. The van der Waals surface area contributed by atoms with E-state index in [0.717, 1.165) is 18.1 Å². The number of benzene rings is 2. The number of nitrogens with one attached hydrogen (secondary N) is 2. The third-order valence-corrected chi connectivity index (χ3v) is 4.97. The monoisotopic (exact) mass is 384 g/mol. The van der Waals surface area contributed by atoms with Crippen LogP contribution in [0.1, 0.15) is 6.42 Å². The van der Waals surface area contributed by atoms with Crippen LogP contribution in [0.3, 0.4) is 0 Å². The van der Waals surface area contributed by atoms with Crippen molar-refractivity contribution >= 4 is 35.8 Å². The van der Waals surface area contributed by atoms with Crippen LogP contribution in [0.5, 0.6) is 0 Å². The number of carbonyl (C=O) groups is 1. The SMILES string of the molecule is Cl.O=C(CC1CSCCN1)Nc1ccc(F)cc1-c1ccc(F)cc1. The first kappa shape index (κ1) is 19.7. The molecule has 1 saturated heterocycles. The minimum Gasteiger partial charge on any atom is -0.325 e. The Bertz CT molecular complexity index is 722. The van der Waals surface area contributed by atoms with Crippen molar-refractivity contribution in [2.45, 2.75) is 12.5 Å². The molecule has 0 spiro atoms. The Balaban J connectivity index is 0.00000225. The highest BCUT2D eigenvalue weighted by Crippen LogP contribution is 2.29. The fraction of sp³-hybridized carbons (Fsp3) is 0.278. The molecule has 1 aliphatic rings. The molecule has 0 aliphatic carbocycles. The van der Waals surface area contributed by atoms with Crippen LogP contribution in [0.4, 0.5) is 14.5 Å². The zero-order chi connectivity index (χ0) is 16.9. The number of halogens is 3. The predicted molar refractivity (Wildman–Crippen MR) is 101 cm³/mol. The summed E-state index contributed by atoms with van der Waals surface area (Å²) in [6.45, 7) is 0.903. The van der Waals surface area contributed by atoms with E-state index in [2.05, 4.69) is 10.6 Å². The number of thioether (sulfide) groups is 1. The summed E-state index contributed by atoms with van der Waals surface area (Å²) in [7, 11) is 0. The zero-order valence-corrected chi connectivity index (χ0v) is 15.1. The number of hydrogen-bond donors (Lipinski definition) is 2. The quantitative estimate of drug-likeness (QED) is 0.834. The van der Waals surface area contributed by atoms with E-state index in [4.69, 9.17) is 0 Å². The summed E-state index contributed by atoms with van der Waals surface area (Å²) < 4.78 is 26.7. The number of amides is 1. The second-order valence-electron chi connectivity index (χ2n) is 5.68. The Morgan fingerprint density at radius 1 is 1.16 bits per heavy atom. The largest absolute Gasteiger partial charge is 0.325 e. The number of anilines is 1. The van der Waals surface area contributed by atoms with Crippen LogP contribution in [0.25, 0.3) is 11.1 Å². The molecule has 3 nitrogen and oxygen atoms in total. The molecular weight excluding hydrogens is 366 g/mol. The Morgan fingerprint density at radius 3 is 2.56 bits per heavy atom. The topological polar surface area (TPSA) is 41.1 Å². The molecule has 134 valence electrons. The van der Waals surface area contributed by atoms with Gasteiger partial charge in [-0.25, -0.2) is 8.78 Å². The van der Waals surface area contributed by atoms with Crippen molar-refractivity contribution in [1.29, 1.82) is 0 Å². The molecule has 0 radical (unpaired) electrons. The molecule has 2 aromatic rings. The van der Waals surface area contributed by atoms with Gasteiger partial charge in [-0.1, -0.05) is 12.1 Å². The van der Waals surface area contributed by atoms with Crippen LogP contribution in [-0.4, -0.2) is 30.0 Å². The first-order valence-electron chi connectivity index (χ1n) is 7.78. The van der Waals surface area contributed by atoms with Crippen molar-refractivity contribution in [3.8, 4) is 11.1 Å².